The summed E-state index contributed by atoms with van der Waals surface area (Å²) in [6.07, 6.45) is 1.33. The van der Waals surface area contributed by atoms with Crippen LogP contribution in [0.4, 0.5) is 18.9 Å². The summed E-state index contributed by atoms with van der Waals surface area (Å²) in [7, 11) is 0. The molecular formula is C23H19F3N4O. The highest BCUT2D eigenvalue weighted by Crippen LogP contribution is 2.32. The van der Waals surface area contributed by atoms with Crippen molar-refractivity contribution in [2.45, 2.75) is 32.9 Å². The molecule has 0 bridgehead atoms. The SMILES string of the molecule is CC1=CCc2ncc(-c3ccc(CC(=O)Nc4cnc(C)c(C(F)(F)F)c4)cc3)nc21. The van der Waals surface area contributed by atoms with Crippen molar-refractivity contribution < 1.29 is 18.0 Å². The van der Waals surface area contributed by atoms with Crippen LogP contribution in [0.25, 0.3) is 16.8 Å². The first kappa shape index (κ1) is 20.7. The molecule has 31 heavy (non-hydrogen) atoms. The van der Waals surface area contributed by atoms with Crippen molar-refractivity contribution in [1.29, 1.82) is 0 Å². The van der Waals surface area contributed by atoms with Crippen molar-refractivity contribution >= 4 is 17.2 Å². The Bertz CT molecular complexity index is 1180. The second-order valence-electron chi connectivity index (χ2n) is 7.42. The third-order valence-corrected chi connectivity index (χ3v) is 5.11. The van der Waals surface area contributed by atoms with Gasteiger partial charge in [-0.2, -0.15) is 13.2 Å². The molecule has 0 saturated heterocycles. The predicted molar refractivity (Wildman–Crippen MR) is 111 cm³/mol. The number of allylic oxidation sites excluding steroid dienone is 2. The van der Waals surface area contributed by atoms with Crippen LogP contribution in [0.5, 0.6) is 0 Å². The standard InChI is InChI=1S/C23H19F3N4O/c1-13-3-8-19-22(13)30-20(12-28-19)16-6-4-15(5-7-16)9-21(31)29-17-10-18(23(24,25)26)14(2)27-11-17/h3-7,10-12H,8-9H2,1-2H3,(H,29,31). The molecule has 0 saturated carbocycles. The Morgan fingerprint density at radius 3 is 2.55 bits per heavy atom. The van der Waals surface area contributed by atoms with Gasteiger partial charge < -0.3 is 5.32 Å². The zero-order valence-corrected chi connectivity index (χ0v) is 16.9. The number of halogens is 3. The average molecular weight is 424 g/mol. The highest BCUT2D eigenvalue weighted by Gasteiger charge is 2.33. The second kappa shape index (κ2) is 7.94. The number of alkyl halides is 3. The highest BCUT2D eigenvalue weighted by molar-refractivity contribution is 5.92. The number of rotatable bonds is 4. The number of nitrogens with one attached hydrogen (secondary N) is 1. The van der Waals surface area contributed by atoms with E-state index in [1.807, 2.05) is 19.1 Å². The van der Waals surface area contributed by atoms with Crippen LogP contribution < -0.4 is 5.32 Å². The molecule has 158 valence electrons. The number of pyridine rings is 1. The highest BCUT2D eigenvalue weighted by atomic mass is 19.4. The van der Waals surface area contributed by atoms with Gasteiger partial charge in [-0.25, -0.2) is 4.98 Å². The van der Waals surface area contributed by atoms with Crippen LogP contribution >= 0.6 is 0 Å². The van der Waals surface area contributed by atoms with E-state index in [1.54, 1.807) is 18.3 Å². The topological polar surface area (TPSA) is 67.8 Å². The van der Waals surface area contributed by atoms with Crippen molar-refractivity contribution in [2.24, 2.45) is 0 Å². The number of aryl methyl sites for hydroxylation is 1. The molecule has 1 N–H and O–H groups in total. The van der Waals surface area contributed by atoms with E-state index in [9.17, 15) is 18.0 Å². The number of hydrogen-bond acceptors (Lipinski definition) is 4. The zero-order chi connectivity index (χ0) is 22.2. The van der Waals surface area contributed by atoms with E-state index in [2.05, 4.69) is 26.3 Å². The molecule has 2 aromatic heterocycles. The molecule has 0 radical (unpaired) electrons. The summed E-state index contributed by atoms with van der Waals surface area (Å²) < 4.78 is 39.1. The summed E-state index contributed by atoms with van der Waals surface area (Å²) in [4.78, 5) is 25.2. The van der Waals surface area contributed by atoms with Crippen molar-refractivity contribution in [3.63, 3.8) is 0 Å². The Morgan fingerprint density at radius 2 is 1.84 bits per heavy atom. The molecule has 1 aliphatic carbocycles. The molecular weight excluding hydrogens is 405 g/mol. The molecule has 0 unspecified atom stereocenters. The first-order valence-corrected chi connectivity index (χ1v) is 9.67. The van der Waals surface area contributed by atoms with Gasteiger partial charge in [0, 0.05) is 17.7 Å². The van der Waals surface area contributed by atoms with Crippen LogP contribution in [0.2, 0.25) is 0 Å². The van der Waals surface area contributed by atoms with E-state index in [4.69, 9.17) is 0 Å². The third kappa shape index (κ3) is 4.47. The normalized spacial score (nSPS) is 13.0. The van der Waals surface area contributed by atoms with Gasteiger partial charge in [0.25, 0.3) is 0 Å². The molecule has 1 aromatic carbocycles. The summed E-state index contributed by atoms with van der Waals surface area (Å²) in [5.74, 6) is -0.426. The maximum Gasteiger partial charge on any atom is 0.418 e. The maximum atomic E-state index is 13.0. The van der Waals surface area contributed by atoms with Gasteiger partial charge in [0.1, 0.15) is 0 Å². The fourth-order valence-electron chi connectivity index (χ4n) is 3.44. The van der Waals surface area contributed by atoms with E-state index in [0.29, 0.717) is 0 Å². The van der Waals surface area contributed by atoms with Crippen LogP contribution in [0.3, 0.4) is 0 Å². The molecule has 4 rings (SSSR count). The van der Waals surface area contributed by atoms with Gasteiger partial charge in [0.2, 0.25) is 5.91 Å². The Kier molecular flexibility index (Phi) is 5.31. The summed E-state index contributed by atoms with van der Waals surface area (Å²) in [5, 5.41) is 2.48. The Hall–Kier alpha value is -3.55. The molecule has 0 atom stereocenters. The molecule has 1 aliphatic rings. The van der Waals surface area contributed by atoms with Gasteiger partial charge in [0.05, 0.1) is 47.1 Å². The summed E-state index contributed by atoms with van der Waals surface area (Å²) in [5.41, 5.74) is 4.33. The molecule has 0 spiro atoms. The minimum absolute atomic E-state index is 0.0105. The minimum atomic E-state index is -4.53. The van der Waals surface area contributed by atoms with Crippen molar-refractivity contribution in [1.82, 2.24) is 15.0 Å². The van der Waals surface area contributed by atoms with Crippen molar-refractivity contribution in [3.05, 3.63) is 77.0 Å². The fourth-order valence-corrected chi connectivity index (χ4v) is 3.44. The van der Waals surface area contributed by atoms with Gasteiger partial charge in [-0.3, -0.25) is 14.8 Å². The van der Waals surface area contributed by atoms with E-state index in [1.165, 1.54) is 13.1 Å². The van der Waals surface area contributed by atoms with Crippen LogP contribution in [0.1, 0.15) is 35.1 Å². The number of benzene rings is 1. The summed E-state index contributed by atoms with van der Waals surface area (Å²) in [6.45, 7) is 3.28. The van der Waals surface area contributed by atoms with E-state index in [0.717, 1.165) is 46.3 Å². The first-order valence-electron chi connectivity index (χ1n) is 9.67. The molecule has 0 aliphatic heterocycles. The minimum Gasteiger partial charge on any atom is -0.324 e. The van der Waals surface area contributed by atoms with Crippen LogP contribution in [0.15, 0.2) is 48.8 Å². The number of carbonyl (C=O) groups excluding carboxylic acids is 1. The Morgan fingerprint density at radius 1 is 1.10 bits per heavy atom. The fraction of sp³-hybridized carbons (Fsp3) is 0.217. The maximum absolute atomic E-state index is 13.0. The summed E-state index contributed by atoms with van der Waals surface area (Å²) in [6, 6.07) is 8.18. The van der Waals surface area contributed by atoms with Gasteiger partial charge in [0.15, 0.2) is 0 Å². The van der Waals surface area contributed by atoms with Crippen LogP contribution in [0, 0.1) is 6.92 Å². The predicted octanol–water partition coefficient (Wildman–Crippen LogP) is 5.01. The van der Waals surface area contributed by atoms with Crippen molar-refractivity contribution in [2.75, 3.05) is 5.32 Å². The zero-order valence-electron chi connectivity index (χ0n) is 16.9. The van der Waals surface area contributed by atoms with E-state index >= 15 is 0 Å². The van der Waals surface area contributed by atoms with Crippen LogP contribution in [-0.4, -0.2) is 20.9 Å². The van der Waals surface area contributed by atoms with Gasteiger partial charge in [-0.15, -0.1) is 0 Å². The molecule has 8 heteroatoms. The second-order valence-corrected chi connectivity index (χ2v) is 7.42. The van der Waals surface area contributed by atoms with Gasteiger partial charge in [-0.1, -0.05) is 30.3 Å². The monoisotopic (exact) mass is 424 g/mol. The first-order chi connectivity index (χ1) is 14.7. The largest absolute Gasteiger partial charge is 0.418 e. The summed E-state index contributed by atoms with van der Waals surface area (Å²) >= 11 is 0. The number of fused-ring (bicyclic) bond motifs is 1. The number of hydrogen-bond donors (Lipinski definition) is 1. The molecule has 5 nitrogen and oxygen atoms in total. The average Bonchev–Trinajstić information content (AvgIpc) is 3.09. The van der Waals surface area contributed by atoms with Gasteiger partial charge >= 0.3 is 6.18 Å². The lowest BCUT2D eigenvalue weighted by Crippen LogP contribution is -2.16. The molecule has 1 amide bonds. The van der Waals surface area contributed by atoms with E-state index in [-0.39, 0.29) is 17.8 Å². The Labute approximate surface area is 177 Å². The number of nitrogens with zero attached hydrogens (tertiary/aromatic N) is 3. The van der Waals surface area contributed by atoms with Crippen molar-refractivity contribution in [3.8, 4) is 11.3 Å². The number of anilines is 1. The smallest absolute Gasteiger partial charge is 0.324 e. The lowest BCUT2D eigenvalue weighted by molar-refractivity contribution is -0.138. The van der Waals surface area contributed by atoms with Crippen LogP contribution in [-0.2, 0) is 23.8 Å². The molecule has 3 aromatic rings. The van der Waals surface area contributed by atoms with Gasteiger partial charge in [-0.05, 0) is 31.1 Å². The Balaban J connectivity index is 1.45. The molecule has 2 heterocycles. The number of aromatic nitrogens is 3. The third-order valence-electron chi connectivity index (χ3n) is 5.11. The molecule has 0 fully saturated rings. The number of carbonyl (C=O) groups is 1. The lowest BCUT2D eigenvalue weighted by atomic mass is 10.1. The van der Waals surface area contributed by atoms with E-state index < -0.39 is 17.6 Å². The number of amides is 1. The quantitative estimate of drug-likeness (QED) is 0.640. The lowest BCUT2D eigenvalue weighted by Gasteiger charge is -2.12.